The lowest BCUT2D eigenvalue weighted by molar-refractivity contribution is 0.364. The second kappa shape index (κ2) is 4.75. The molecule has 23 heavy (non-hydrogen) atoms. The van der Waals surface area contributed by atoms with Crippen molar-refractivity contribution in [3.05, 3.63) is 59.5 Å². The molecule has 0 amide bonds. The minimum atomic E-state index is 0.0598. The molecule has 0 spiro atoms. The van der Waals surface area contributed by atoms with Crippen molar-refractivity contribution < 1.29 is 4.42 Å². The summed E-state index contributed by atoms with van der Waals surface area (Å²) < 4.78 is 6.05. The highest BCUT2D eigenvalue weighted by Gasteiger charge is 2.31. The van der Waals surface area contributed by atoms with Gasteiger partial charge in [0.25, 0.3) is 0 Å². The van der Waals surface area contributed by atoms with Crippen molar-refractivity contribution in [3.8, 4) is 0 Å². The molecule has 5 nitrogen and oxygen atoms in total. The van der Waals surface area contributed by atoms with E-state index >= 15 is 0 Å². The van der Waals surface area contributed by atoms with E-state index in [4.69, 9.17) is 11.0 Å². The van der Waals surface area contributed by atoms with Gasteiger partial charge in [-0.2, -0.15) is 0 Å². The molecular weight excluding hydrogens is 288 g/mol. The molecule has 3 heterocycles. The molecule has 0 radical (unpaired) electrons. The van der Waals surface area contributed by atoms with Crippen LogP contribution >= 0.6 is 0 Å². The fraction of sp³-hybridized carbons (Fsp3) is 0.222. The van der Waals surface area contributed by atoms with Crippen molar-refractivity contribution in [1.82, 2.24) is 9.88 Å². The molecule has 0 aliphatic carbocycles. The first-order valence-corrected chi connectivity index (χ1v) is 7.49. The van der Waals surface area contributed by atoms with Crippen molar-refractivity contribution in [2.24, 2.45) is 0 Å². The minimum Gasteiger partial charge on any atom is -0.435 e. The van der Waals surface area contributed by atoms with Gasteiger partial charge in [-0.3, -0.25) is 0 Å². The lowest BCUT2D eigenvalue weighted by Crippen LogP contribution is -2.34. The lowest BCUT2D eigenvalue weighted by atomic mass is 10.1. The Morgan fingerprint density at radius 3 is 2.83 bits per heavy atom. The van der Waals surface area contributed by atoms with Crippen LogP contribution in [-0.2, 0) is 0 Å². The number of nitrogens with zero attached hydrogens (tertiary/aromatic N) is 4. The molecule has 3 aromatic rings. The summed E-state index contributed by atoms with van der Waals surface area (Å²) in [4.78, 5) is 12.0. The van der Waals surface area contributed by atoms with E-state index in [1.54, 1.807) is 6.20 Å². The molecule has 0 fully saturated rings. The van der Waals surface area contributed by atoms with Gasteiger partial charge in [-0.15, -0.1) is 0 Å². The Labute approximate surface area is 134 Å². The van der Waals surface area contributed by atoms with Gasteiger partial charge in [0.1, 0.15) is 0 Å². The molecule has 0 saturated carbocycles. The van der Waals surface area contributed by atoms with Gasteiger partial charge >= 0.3 is 0 Å². The van der Waals surface area contributed by atoms with Gasteiger partial charge in [-0.25, -0.2) is 4.98 Å². The summed E-state index contributed by atoms with van der Waals surface area (Å²) in [5.74, 6) is 0.628. The van der Waals surface area contributed by atoms with E-state index in [0.29, 0.717) is 11.5 Å². The van der Waals surface area contributed by atoms with Gasteiger partial charge < -0.3 is 19.1 Å². The molecule has 0 unspecified atom stereocenters. The number of hydrogen-bond acceptors (Lipinski definition) is 4. The first-order chi connectivity index (χ1) is 11.1. The van der Waals surface area contributed by atoms with E-state index in [2.05, 4.69) is 40.7 Å². The van der Waals surface area contributed by atoms with Crippen LogP contribution in [0.2, 0.25) is 0 Å². The highest BCUT2D eigenvalue weighted by Crippen LogP contribution is 2.39. The topological polar surface area (TPSA) is 36.9 Å². The van der Waals surface area contributed by atoms with E-state index in [9.17, 15) is 0 Å². The van der Waals surface area contributed by atoms with E-state index in [1.165, 1.54) is 0 Å². The highest BCUT2D eigenvalue weighted by atomic mass is 16.3. The number of aromatic nitrogens is 1. The SMILES string of the molecule is [C-]#[N+]C1=CN(c2c(C)ccc3c2oc2ncccc23)[C@@H](C)N1C. The maximum atomic E-state index is 7.33. The Balaban J connectivity index is 2.02. The van der Waals surface area contributed by atoms with Crippen LogP contribution in [-0.4, -0.2) is 23.1 Å². The number of anilines is 1. The van der Waals surface area contributed by atoms with Gasteiger partial charge in [-0.05, 0) is 31.5 Å². The average Bonchev–Trinajstić information content (AvgIpc) is 3.06. The molecule has 1 aliphatic heterocycles. The summed E-state index contributed by atoms with van der Waals surface area (Å²) in [6.45, 7) is 11.5. The van der Waals surface area contributed by atoms with Crippen molar-refractivity contribution >= 4 is 27.8 Å². The van der Waals surface area contributed by atoms with E-state index < -0.39 is 0 Å². The third-order valence-electron chi connectivity index (χ3n) is 4.55. The van der Waals surface area contributed by atoms with Crippen LogP contribution in [0.4, 0.5) is 5.69 Å². The van der Waals surface area contributed by atoms with Crippen LogP contribution in [0.15, 0.2) is 46.9 Å². The number of aryl methyl sites for hydroxylation is 1. The maximum Gasteiger partial charge on any atom is 0.243 e. The van der Waals surface area contributed by atoms with Crippen molar-refractivity contribution in [2.45, 2.75) is 20.0 Å². The first-order valence-electron chi connectivity index (χ1n) is 7.49. The molecule has 0 bridgehead atoms. The van der Waals surface area contributed by atoms with Gasteiger partial charge in [0.05, 0.1) is 12.7 Å². The van der Waals surface area contributed by atoms with Crippen molar-refractivity contribution in [1.29, 1.82) is 0 Å². The summed E-state index contributed by atoms with van der Waals surface area (Å²) in [7, 11) is 1.93. The molecule has 2 aromatic heterocycles. The van der Waals surface area contributed by atoms with Gasteiger partial charge in [0, 0.05) is 23.2 Å². The quantitative estimate of drug-likeness (QED) is 0.634. The fourth-order valence-corrected chi connectivity index (χ4v) is 3.14. The largest absolute Gasteiger partial charge is 0.435 e. The van der Waals surface area contributed by atoms with Gasteiger partial charge in [0.2, 0.25) is 11.5 Å². The first kappa shape index (κ1) is 13.6. The zero-order valence-corrected chi connectivity index (χ0v) is 13.2. The van der Waals surface area contributed by atoms with Crippen molar-refractivity contribution in [2.75, 3.05) is 11.9 Å². The predicted octanol–water partition coefficient (Wildman–Crippen LogP) is 4.11. The highest BCUT2D eigenvalue weighted by molar-refractivity contribution is 6.08. The standard InChI is InChI=1S/C18H16N4O/c1-11-7-8-13-14-6-5-9-20-18(14)23-17(13)16(11)22-10-15(19-3)21(4)12(22)2/h5-10,12H,1-2,4H3/t12-/m0/s1. The fourth-order valence-electron chi connectivity index (χ4n) is 3.14. The molecule has 0 saturated heterocycles. The normalized spacial score (nSPS) is 17.8. The molecule has 0 N–H and O–H groups in total. The van der Waals surface area contributed by atoms with Crippen LogP contribution in [0.5, 0.6) is 0 Å². The zero-order valence-electron chi connectivity index (χ0n) is 13.2. The van der Waals surface area contributed by atoms with Gasteiger partial charge in [-0.1, -0.05) is 18.7 Å². The third-order valence-corrected chi connectivity index (χ3v) is 4.55. The summed E-state index contributed by atoms with van der Waals surface area (Å²) in [6.07, 6.45) is 3.69. The molecule has 1 atom stereocenters. The molecule has 114 valence electrons. The molecule has 5 heteroatoms. The van der Waals surface area contributed by atoms with Crippen LogP contribution in [0.3, 0.4) is 0 Å². The monoisotopic (exact) mass is 304 g/mol. The second-order valence-electron chi connectivity index (χ2n) is 5.82. The van der Waals surface area contributed by atoms with Crippen LogP contribution < -0.4 is 4.90 Å². The summed E-state index contributed by atoms with van der Waals surface area (Å²) in [6, 6.07) is 8.11. The van der Waals surface area contributed by atoms with E-state index in [0.717, 1.165) is 27.6 Å². The van der Waals surface area contributed by atoms with Crippen LogP contribution in [0.25, 0.3) is 26.9 Å². The van der Waals surface area contributed by atoms with E-state index in [-0.39, 0.29) is 6.17 Å². The number of fused-ring (bicyclic) bond motifs is 3. The lowest BCUT2D eigenvalue weighted by Gasteiger charge is -2.26. The minimum absolute atomic E-state index is 0.0598. The smallest absolute Gasteiger partial charge is 0.243 e. The second-order valence-corrected chi connectivity index (χ2v) is 5.82. The Morgan fingerprint density at radius 1 is 1.26 bits per heavy atom. The Bertz CT molecular complexity index is 995. The average molecular weight is 304 g/mol. The molecule has 4 rings (SSSR count). The molecule has 1 aliphatic rings. The number of pyridine rings is 1. The number of benzene rings is 1. The van der Waals surface area contributed by atoms with Gasteiger partial charge in [0.15, 0.2) is 11.7 Å². The van der Waals surface area contributed by atoms with Crippen LogP contribution in [0.1, 0.15) is 12.5 Å². The summed E-state index contributed by atoms with van der Waals surface area (Å²) in [5, 5.41) is 2.06. The maximum absolute atomic E-state index is 7.33. The molecule has 1 aromatic carbocycles. The van der Waals surface area contributed by atoms with Crippen molar-refractivity contribution in [3.63, 3.8) is 0 Å². The zero-order chi connectivity index (χ0) is 16.1. The predicted molar refractivity (Wildman–Crippen MR) is 90.6 cm³/mol. The Kier molecular flexibility index (Phi) is 2.82. The third kappa shape index (κ3) is 1.82. The molecular formula is C18H16N4O. The van der Waals surface area contributed by atoms with E-state index in [1.807, 2.05) is 30.3 Å². The van der Waals surface area contributed by atoms with Crippen LogP contribution in [0, 0.1) is 13.5 Å². The number of hydrogen-bond donors (Lipinski definition) is 0. The summed E-state index contributed by atoms with van der Waals surface area (Å²) in [5.41, 5.74) is 3.57. The Hall–Kier alpha value is -3.00. The number of rotatable bonds is 1. The summed E-state index contributed by atoms with van der Waals surface area (Å²) >= 11 is 0. The number of furan rings is 1. The Morgan fingerprint density at radius 2 is 2.09 bits per heavy atom.